The highest BCUT2D eigenvalue weighted by Gasteiger charge is 2.39. The molecule has 1 aliphatic carbocycles. The van der Waals surface area contributed by atoms with Gasteiger partial charge in [-0.05, 0) is 79.6 Å². The smallest absolute Gasteiger partial charge is 0.251 e. The van der Waals surface area contributed by atoms with Crippen LogP contribution in [0, 0.1) is 11.3 Å². The van der Waals surface area contributed by atoms with E-state index in [9.17, 15) is 4.79 Å². The molecule has 0 bridgehead atoms. The Morgan fingerprint density at radius 2 is 1.79 bits per heavy atom. The van der Waals surface area contributed by atoms with E-state index in [4.69, 9.17) is 16.9 Å². The number of nitriles is 1. The van der Waals surface area contributed by atoms with Gasteiger partial charge in [-0.3, -0.25) is 4.79 Å². The molecule has 1 N–H and O–H groups in total. The van der Waals surface area contributed by atoms with E-state index < -0.39 is 0 Å². The monoisotopic (exact) mass is 391 g/mol. The lowest BCUT2D eigenvalue weighted by atomic mass is 9.92. The Balaban J connectivity index is 1.55. The van der Waals surface area contributed by atoms with Crippen LogP contribution in [0.4, 0.5) is 5.69 Å². The molecule has 0 spiro atoms. The molecule has 0 aromatic heterocycles. The van der Waals surface area contributed by atoms with Crippen LogP contribution in [0.5, 0.6) is 0 Å². The first-order valence-corrected chi connectivity index (χ1v) is 10.1. The molecule has 1 heterocycles. The maximum Gasteiger partial charge on any atom is 0.251 e. The number of nitrogens with one attached hydrogen (secondary N) is 1. The van der Waals surface area contributed by atoms with E-state index in [1.807, 2.05) is 41.3 Å². The molecule has 28 heavy (non-hydrogen) atoms. The Morgan fingerprint density at radius 1 is 1.07 bits per heavy atom. The van der Waals surface area contributed by atoms with Crippen molar-refractivity contribution in [1.29, 1.82) is 5.26 Å². The Morgan fingerprint density at radius 3 is 2.50 bits per heavy atom. The number of rotatable bonds is 5. The summed E-state index contributed by atoms with van der Waals surface area (Å²) in [4.78, 5) is 15.0. The molecule has 1 aliphatic heterocycles. The van der Waals surface area contributed by atoms with Crippen molar-refractivity contribution in [3.05, 3.63) is 75.8 Å². The van der Waals surface area contributed by atoms with Gasteiger partial charge in [0.2, 0.25) is 0 Å². The number of halogens is 1. The summed E-state index contributed by atoms with van der Waals surface area (Å²) < 4.78 is 0. The van der Waals surface area contributed by atoms with Crippen LogP contribution in [0.25, 0.3) is 0 Å². The van der Waals surface area contributed by atoms with Gasteiger partial charge in [0.1, 0.15) is 6.17 Å². The van der Waals surface area contributed by atoms with Gasteiger partial charge in [0.05, 0.1) is 11.6 Å². The van der Waals surface area contributed by atoms with Crippen molar-refractivity contribution in [2.75, 3.05) is 11.9 Å². The molecule has 1 atom stereocenters. The number of amides is 1. The average molecular weight is 392 g/mol. The van der Waals surface area contributed by atoms with Gasteiger partial charge in [0.15, 0.2) is 0 Å². The first kappa shape index (κ1) is 18.6. The predicted octanol–water partition coefficient (Wildman–Crippen LogP) is 4.91. The molecule has 4 rings (SSSR count). The highest BCUT2D eigenvalue weighted by Crippen LogP contribution is 2.37. The van der Waals surface area contributed by atoms with Gasteiger partial charge in [-0.1, -0.05) is 23.7 Å². The molecule has 5 heteroatoms. The second kappa shape index (κ2) is 8.08. The van der Waals surface area contributed by atoms with Gasteiger partial charge in [0, 0.05) is 22.8 Å². The van der Waals surface area contributed by atoms with Crippen molar-refractivity contribution in [2.45, 2.75) is 38.3 Å². The second-order valence-corrected chi connectivity index (χ2v) is 7.76. The molecular weight excluding hydrogens is 370 g/mol. The lowest BCUT2D eigenvalue weighted by Gasteiger charge is -2.29. The van der Waals surface area contributed by atoms with E-state index in [2.05, 4.69) is 11.4 Å². The van der Waals surface area contributed by atoms with E-state index in [-0.39, 0.29) is 12.1 Å². The number of benzene rings is 2. The number of anilines is 1. The molecule has 0 saturated heterocycles. The molecule has 4 nitrogen and oxygen atoms in total. The third-order valence-electron chi connectivity index (χ3n) is 5.54. The SMILES string of the molecule is N#Cc1ccc(NC2C3=C(CCCC3)C(=O)N2CCc2ccc(Cl)cc2)cc1. The van der Waals surface area contributed by atoms with E-state index in [1.165, 1.54) is 11.1 Å². The molecule has 2 aromatic carbocycles. The lowest BCUT2D eigenvalue weighted by Crippen LogP contribution is -2.42. The number of carbonyl (C=O) groups is 1. The van der Waals surface area contributed by atoms with Crippen LogP contribution in [-0.4, -0.2) is 23.5 Å². The summed E-state index contributed by atoms with van der Waals surface area (Å²) in [7, 11) is 0. The molecule has 0 saturated carbocycles. The van der Waals surface area contributed by atoms with Crippen LogP contribution in [-0.2, 0) is 11.2 Å². The molecule has 0 radical (unpaired) electrons. The molecule has 2 aliphatic rings. The predicted molar refractivity (Wildman–Crippen MR) is 111 cm³/mol. The van der Waals surface area contributed by atoms with Crippen LogP contribution >= 0.6 is 11.6 Å². The van der Waals surface area contributed by atoms with Gasteiger partial charge in [-0.2, -0.15) is 5.26 Å². The average Bonchev–Trinajstić information content (AvgIpc) is 3.00. The zero-order valence-corrected chi connectivity index (χ0v) is 16.4. The third kappa shape index (κ3) is 3.76. The van der Waals surface area contributed by atoms with E-state index in [1.54, 1.807) is 12.1 Å². The first-order chi connectivity index (χ1) is 13.7. The number of nitrogens with zero attached hydrogens (tertiary/aromatic N) is 2. The van der Waals surface area contributed by atoms with Crippen LogP contribution < -0.4 is 5.32 Å². The summed E-state index contributed by atoms with van der Waals surface area (Å²) in [6.45, 7) is 0.654. The highest BCUT2D eigenvalue weighted by atomic mass is 35.5. The van der Waals surface area contributed by atoms with Gasteiger partial charge in [-0.25, -0.2) is 0 Å². The second-order valence-electron chi connectivity index (χ2n) is 7.32. The van der Waals surface area contributed by atoms with Gasteiger partial charge >= 0.3 is 0 Å². The van der Waals surface area contributed by atoms with Crippen molar-refractivity contribution in [3.8, 4) is 6.07 Å². The third-order valence-corrected chi connectivity index (χ3v) is 5.80. The Kier molecular flexibility index (Phi) is 5.36. The molecule has 1 unspecified atom stereocenters. The van der Waals surface area contributed by atoms with Gasteiger partial charge < -0.3 is 10.2 Å². The molecule has 142 valence electrons. The summed E-state index contributed by atoms with van der Waals surface area (Å²) in [6, 6.07) is 17.3. The molecule has 1 amide bonds. The summed E-state index contributed by atoms with van der Waals surface area (Å²) in [5.41, 5.74) is 4.95. The Hall–Kier alpha value is -2.77. The van der Waals surface area contributed by atoms with Crippen LogP contribution in [0.2, 0.25) is 5.02 Å². The van der Waals surface area contributed by atoms with Crippen molar-refractivity contribution in [1.82, 2.24) is 4.90 Å². The van der Waals surface area contributed by atoms with Crippen molar-refractivity contribution < 1.29 is 4.79 Å². The minimum absolute atomic E-state index is 0.108. The van der Waals surface area contributed by atoms with Crippen LogP contribution in [0.3, 0.4) is 0 Å². The fourth-order valence-corrected chi connectivity index (χ4v) is 4.17. The largest absolute Gasteiger partial charge is 0.362 e. The summed E-state index contributed by atoms with van der Waals surface area (Å²) in [5.74, 6) is 0.162. The summed E-state index contributed by atoms with van der Waals surface area (Å²) >= 11 is 5.98. The van der Waals surface area contributed by atoms with Crippen molar-refractivity contribution in [2.24, 2.45) is 0 Å². The van der Waals surface area contributed by atoms with Crippen molar-refractivity contribution >= 4 is 23.2 Å². The maximum atomic E-state index is 13.1. The first-order valence-electron chi connectivity index (χ1n) is 9.70. The van der Waals surface area contributed by atoms with Crippen LogP contribution in [0.1, 0.15) is 36.8 Å². The van der Waals surface area contributed by atoms with E-state index >= 15 is 0 Å². The standard InChI is InChI=1S/C23H22ClN3O/c24-18-9-5-16(6-10-18)13-14-27-22(20-3-1-2-4-21(20)23(27)28)26-19-11-7-17(15-25)8-12-19/h5-12,22,26H,1-4,13-14H2. The minimum atomic E-state index is -0.108. The molecule has 2 aromatic rings. The number of hydrogen-bond acceptors (Lipinski definition) is 3. The summed E-state index contributed by atoms with van der Waals surface area (Å²) in [5, 5.41) is 13.3. The highest BCUT2D eigenvalue weighted by molar-refractivity contribution is 6.30. The summed E-state index contributed by atoms with van der Waals surface area (Å²) in [6.07, 6.45) is 4.73. The zero-order chi connectivity index (χ0) is 19.5. The maximum absolute atomic E-state index is 13.1. The lowest BCUT2D eigenvalue weighted by molar-refractivity contribution is -0.126. The molecule has 0 fully saturated rings. The Labute approximate surface area is 170 Å². The zero-order valence-electron chi connectivity index (χ0n) is 15.6. The number of hydrogen-bond donors (Lipinski definition) is 1. The van der Waals surface area contributed by atoms with Gasteiger partial charge in [0.25, 0.3) is 5.91 Å². The van der Waals surface area contributed by atoms with Crippen molar-refractivity contribution in [3.63, 3.8) is 0 Å². The quantitative estimate of drug-likeness (QED) is 0.788. The van der Waals surface area contributed by atoms with E-state index in [0.717, 1.165) is 48.4 Å². The minimum Gasteiger partial charge on any atom is -0.362 e. The Bertz CT molecular complexity index is 941. The fraction of sp³-hybridized carbons (Fsp3) is 0.304. The van der Waals surface area contributed by atoms with E-state index in [0.29, 0.717) is 12.1 Å². The molecular formula is C23H22ClN3O. The normalized spacial score (nSPS) is 18.8. The fourth-order valence-electron chi connectivity index (χ4n) is 4.05. The number of carbonyl (C=O) groups excluding carboxylic acids is 1. The van der Waals surface area contributed by atoms with Crippen LogP contribution in [0.15, 0.2) is 59.7 Å². The topological polar surface area (TPSA) is 56.1 Å². The van der Waals surface area contributed by atoms with Gasteiger partial charge in [-0.15, -0.1) is 0 Å².